The number of nitrogens with one attached hydrogen (secondary N) is 2. The topological polar surface area (TPSA) is 101 Å². The van der Waals surface area contributed by atoms with Crippen molar-refractivity contribution in [1.29, 1.82) is 0 Å². The van der Waals surface area contributed by atoms with Gasteiger partial charge in [0, 0.05) is 5.56 Å². The summed E-state index contributed by atoms with van der Waals surface area (Å²) < 4.78 is 0. The third-order valence-electron chi connectivity index (χ3n) is 3.78. The molecule has 0 saturated carbocycles. The van der Waals surface area contributed by atoms with Crippen LogP contribution in [-0.4, -0.2) is 36.7 Å². The molecular weight excluding hydrogens is 306 g/mol. The Kier molecular flexibility index (Phi) is 8.71. The molecule has 4 N–H and O–H groups in total. The van der Waals surface area contributed by atoms with Gasteiger partial charge in [-0.05, 0) is 43.9 Å². The SMILES string of the molecule is CC(C)[C@@H](C=O)NC(=O)[C@H](CCCCN)NC(=O)c1ccccc1. The summed E-state index contributed by atoms with van der Waals surface area (Å²) in [6.45, 7) is 4.24. The Morgan fingerprint density at radius 2 is 1.79 bits per heavy atom. The number of unbranched alkanes of at least 4 members (excludes halogenated alkanes) is 1. The van der Waals surface area contributed by atoms with Crippen molar-refractivity contribution in [2.24, 2.45) is 11.7 Å². The third kappa shape index (κ3) is 6.50. The number of carbonyl (C=O) groups is 3. The second-order valence-corrected chi connectivity index (χ2v) is 6.09. The average Bonchev–Trinajstić information content (AvgIpc) is 2.59. The number of hydrogen-bond donors (Lipinski definition) is 3. The molecule has 1 aromatic rings. The Morgan fingerprint density at radius 1 is 1.12 bits per heavy atom. The van der Waals surface area contributed by atoms with Crippen LogP contribution in [0.15, 0.2) is 30.3 Å². The van der Waals surface area contributed by atoms with Crippen molar-refractivity contribution in [2.75, 3.05) is 6.54 Å². The standard InChI is InChI=1S/C18H27N3O3/c1-13(2)16(12-22)21-18(24)15(10-6-7-11-19)20-17(23)14-8-4-3-5-9-14/h3-5,8-9,12-13,15-16H,6-7,10-11,19H2,1-2H3,(H,20,23)(H,21,24)/t15-,16+/m0/s1. The number of aldehydes is 1. The van der Waals surface area contributed by atoms with Gasteiger partial charge in [-0.2, -0.15) is 0 Å². The third-order valence-corrected chi connectivity index (χ3v) is 3.78. The first-order chi connectivity index (χ1) is 11.5. The lowest BCUT2D eigenvalue weighted by Gasteiger charge is -2.22. The van der Waals surface area contributed by atoms with E-state index in [1.54, 1.807) is 24.3 Å². The highest BCUT2D eigenvalue weighted by molar-refractivity contribution is 5.97. The van der Waals surface area contributed by atoms with Crippen LogP contribution in [0.2, 0.25) is 0 Å². The lowest BCUT2D eigenvalue weighted by atomic mass is 10.0. The normalized spacial score (nSPS) is 13.2. The van der Waals surface area contributed by atoms with E-state index in [0.29, 0.717) is 18.5 Å². The van der Waals surface area contributed by atoms with Gasteiger partial charge in [-0.25, -0.2) is 0 Å². The molecule has 0 fully saturated rings. The maximum Gasteiger partial charge on any atom is 0.251 e. The number of carbonyl (C=O) groups excluding carboxylic acids is 3. The Labute approximate surface area is 143 Å². The minimum atomic E-state index is -0.689. The maximum atomic E-state index is 12.5. The summed E-state index contributed by atoms with van der Waals surface area (Å²) in [6, 6.07) is 7.46. The summed E-state index contributed by atoms with van der Waals surface area (Å²) in [5, 5.41) is 5.45. The first kappa shape index (κ1) is 19.8. The van der Waals surface area contributed by atoms with E-state index in [9.17, 15) is 14.4 Å². The van der Waals surface area contributed by atoms with E-state index < -0.39 is 12.1 Å². The van der Waals surface area contributed by atoms with Gasteiger partial charge in [0.05, 0.1) is 6.04 Å². The van der Waals surface area contributed by atoms with Crippen LogP contribution >= 0.6 is 0 Å². The van der Waals surface area contributed by atoms with Crippen molar-refractivity contribution in [2.45, 2.75) is 45.2 Å². The lowest BCUT2D eigenvalue weighted by molar-refractivity contribution is -0.126. The quantitative estimate of drug-likeness (QED) is 0.443. The summed E-state index contributed by atoms with van der Waals surface area (Å²) in [5.41, 5.74) is 5.98. The molecule has 0 radical (unpaired) electrons. The van der Waals surface area contributed by atoms with E-state index in [-0.39, 0.29) is 17.7 Å². The largest absolute Gasteiger partial charge is 0.345 e. The number of hydrogen-bond acceptors (Lipinski definition) is 4. The van der Waals surface area contributed by atoms with Gasteiger partial charge in [-0.3, -0.25) is 9.59 Å². The van der Waals surface area contributed by atoms with E-state index in [0.717, 1.165) is 19.1 Å². The fourth-order valence-electron chi connectivity index (χ4n) is 2.22. The zero-order valence-electron chi connectivity index (χ0n) is 14.3. The van der Waals surface area contributed by atoms with Gasteiger partial charge >= 0.3 is 0 Å². The molecule has 6 nitrogen and oxygen atoms in total. The van der Waals surface area contributed by atoms with Gasteiger partial charge in [-0.1, -0.05) is 32.0 Å². The monoisotopic (exact) mass is 333 g/mol. The molecule has 0 bridgehead atoms. The van der Waals surface area contributed by atoms with Gasteiger partial charge in [0.1, 0.15) is 12.3 Å². The first-order valence-corrected chi connectivity index (χ1v) is 8.31. The van der Waals surface area contributed by atoms with Crippen molar-refractivity contribution in [3.05, 3.63) is 35.9 Å². The van der Waals surface area contributed by atoms with Crippen LogP contribution in [0.1, 0.15) is 43.5 Å². The number of amides is 2. The minimum Gasteiger partial charge on any atom is -0.345 e. The van der Waals surface area contributed by atoms with Crippen LogP contribution in [-0.2, 0) is 9.59 Å². The van der Waals surface area contributed by atoms with Crippen LogP contribution < -0.4 is 16.4 Å². The minimum absolute atomic E-state index is 0.0130. The smallest absolute Gasteiger partial charge is 0.251 e. The Morgan fingerprint density at radius 3 is 2.33 bits per heavy atom. The second-order valence-electron chi connectivity index (χ2n) is 6.09. The van der Waals surface area contributed by atoms with Crippen molar-refractivity contribution >= 4 is 18.1 Å². The molecule has 0 aliphatic heterocycles. The van der Waals surface area contributed by atoms with Crippen LogP contribution in [0.3, 0.4) is 0 Å². The zero-order valence-corrected chi connectivity index (χ0v) is 14.3. The van der Waals surface area contributed by atoms with Crippen LogP contribution in [0.4, 0.5) is 0 Å². The fraction of sp³-hybridized carbons (Fsp3) is 0.500. The fourth-order valence-corrected chi connectivity index (χ4v) is 2.22. The van der Waals surface area contributed by atoms with E-state index in [4.69, 9.17) is 5.73 Å². The van der Waals surface area contributed by atoms with E-state index >= 15 is 0 Å². The summed E-state index contributed by atoms with van der Waals surface area (Å²) in [6.07, 6.45) is 2.69. The van der Waals surface area contributed by atoms with Gasteiger partial charge in [0.25, 0.3) is 5.91 Å². The molecule has 2 amide bonds. The average molecular weight is 333 g/mol. The Hall–Kier alpha value is -2.21. The first-order valence-electron chi connectivity index (χ1n) is 8.31. The molecule has 0 aliphatic rings. The number of nitrogens with two attached hydrogens (primary N) is 1. The summed E-state index contributed by atoms with van der Waals surface area (Å²) in [4.78, 5) is 35.8. The molecule has 0 unspecified atom stereocenters. The van der Waals surface area contributed by atoms with Gasteiger partial charge in [0.2, 0.25) is 5.91 Å². The van der Waals surface area contributed by atoms with Crippen molar-refractivity contribution in [3.63, 3.8) is 0 Å². The second kappa shape index (κ2) is 10.5. The molecule has 132 valence electrons. The zero-order chi connectivity index (χ0) is 17.9. The molecule has 0 aromatic heterocycles. The number of benzene rings is 1. The maximum absolute atomic E-state index is 12.5. The predicted molar refractivity (Wildman–Crippen MR) is 93.4 cm³/mol. The molecule has 0 spiro atoms. The molecule has 0 heterocycles. The van der Waals surface area contributed by atoms with E-state index in [1.165, 1.54) is 0 Å². The van der Waals surface area contributed by atoms with Crippen LogP contribution in [0.25, 0.3) is 0 Å². The van der Waals surface area contributed by atoms with Crippen molar-refractivity contribution in [1.82, 2.24) is 10.6 Å². The van der Waals surface area contributed by atoms with Gasteiger partial charge in [-0.15, -0.1) is 0 Å². The van der Waals surface area contributed by atoms with E-state index in [2.05, 4.69) is 10.6 Å². The lowest BCUT2D eigenvalue weighted by Crippen LogP contribution is -2.51. The molecule has 2 atom stereocenters. The summed E-state index contributed by atoms with van der Waals surface area (Å²) in [5.74, 6) is -0.668. The molecule has 6 heteroatoms. The van der Waals surface area contributed by atoms with Crippen molar-refractivity contribution in [3.8, 4) is 0 Å². The molecule has 1 rings (SSSR count). The molecule has 0 aliphatic carbocycles. The Balaban J connectivity index is 2.76. The molecule has 0 saturated heterocycles. The number of rotatable bonds is 10. The van der Waals surface area contributed by atoms with Crippen LogP contribution in [0, 0.1) is 5.92 Å². The van der Waals surface area contributed by atoms with Gasteiger partial charge in [0.15, 0.2) is 0 Å². The highest BCUT2D eigenvalue weighted by Crippen LogP contribution is 2.06. The van der Waals surface area contributed by atoms with Crippen LogP contribution in [0.5, 0.6) is 0 Å². The van der Waals surface area contributed by atoms with Crippen molar-refractivity contribution < 1.29 is 14.4 Å². The summed E-state index contributed by atoms with van der Waals surface area (Å²) in [7, 11) is 0. The van der Waals surface area contributed by atoms with Gasteiger partial charge < -0.3 is 21.2 Å². The van der Waals surface area contributed by atoms with E-state index in [1.807, 2.05) is 19.9 Å². The molecule has 1 aromatic carbocycles. The predicted octanol–water partition coefficient (Wildman–Crippen LogP) is 1.25. The molecule has 24 heavy (non-hydrogen) atoms. The Bertz CT molecular complexity index is 532. The highest BCUT2D eigenvalue weighted by Gasteiger charge is 2.24. The summed E-state index contributed by atoms with van der Waals surface area (Å²) >= 11 is 0. The highest BCUT2D eigenvalue weighted by atomic mass is 16.2. The molecular formula is C18H27N3O3.